The number of aliphatic hydroxyl groups is 1. The van der Waals surface area contributed by atoms with Gasteiger partial charge in [-0.25, -0.2) is 9.18 Å². The topological polar surface area (TPSA) is 93.8 Å². The fourth-order valence-electron chi connectivity index (χ4n) is 7.86. The molecule has 1 heterocycles. The highest BCUT2D eigenvalue weighted by atomic mass is 32.2. The molecule has 1 N–H and O–H groups in total. The van der Waals surface area contributed by atoms with Crippen molar-refractivity contribution in [3.8, 4) is 0 Å². The minimum Gasteiger partial charge on any atom is -0.457 e. The van der Waals surface area contributed by atoms with E-state index in [0.717, 1.165) is 18.4 Å². The van der Waals surface area contributed by atoms with E-state index in [9.17, 15) is 23.9 Å². The first-order valence-corrected chi connectivity index (χ1v) is 13.2. The van der Waals surface area contributed by atoms with E-state index in [0.29, 0.717) is 24.6 Å². The van der Waals surface area contributed by atoms with Crippen LogP contribution in [0.1, 0.15) is 57.0 Å². The Labute approximate surface area is 208 Å². The number of hydrogen-bond acceptors (Lipinski definition) is 7. The summed E-state index contributed by atoms with van der Waals surface area (Å²) in [6.45, 7) is 6.20. The predicted octanol–water partition coefficient (Wildman–Crippen LogP) is 4.89. The molecule has 0 aliphatic heterocycles. The van der Waals surface area contributed by atoms with Gasteiger partial charge >= 0.3 is 5.97 Å². The Morgan fingerprint density at radius 1 is 1.34 bits per heavy atom. The van der Waals surface area contributed by atoms with Crippen LogP contribution in [0.15, 0.2) is 46.1 Å². The Hall–Kier alpha value is -2.19. The summed E-state index contributed by atoms with van der Waals surface area (Å²) in [6.07, 6.45) is 6.44. The van der Waals surface area contributed by atoms with Crippen LogP contribution in [0, 0.1) is 34.5 Å². The number of rotatable bonds is 4. The van der Waals surface area contributed by atoms with Crippen LogP contribution in [-0.4, -0.2) is 40.2 Å². The molecule has 3 fully saturated rings. The SMILES string of the molecule is CC1CC2C3CCC4=CC(=O)C(C(=O)SCF)=C[C@]4(C)C3C(O)C[C@]2(C)C1OC(=O)c1ccco1. The second kappa shape index (κ2) is 8.73. The minimum atomic E-state index is -0.887. The summed E-state index contributed by atoms with van der Waals surface area (Å²) in [5.41, 5.74) is -0.132. The van der Waals surface area contributed by atoms with Gasteiger partial charge in [0.15, 0.2) is 5.78 Å². The van der Waals surface area contributed by atoms with E-state index < -0.39 is 34.0 Å². The van der Waals surface area contributed by atoms with Gasteiger partial charge in [-0.3, -0.25) is 9.59 Å². The first-order chi connectivity index (χ1) is 16.6. The highest BCUT2D eigenvalue weighted by Crippen LogP contribution is 2.66. The zero-order chi connectivity index (χ0) is 25.1. The smallest absolute Gasteiger partial charge is 0.374 e. The van der Waals surface area contributed by atoms with E-state index >= 15 is 0 Å². The number of ether oxygens (including phenoxy) is 1. The molecule has 6 unspecified atom stereocenters. The Kier molecular flexibility index (Phi) is 6.11. The summed E-state index contributed by atoms with van der Waals surface area (Å²) >= 11 is 0.487. The largest absolute Gasteiger partial charge is 0.457 e. The maximum absolute atomic E-state index is 12.8. The van der Waals surface area contributed by atoms with Crippen molar-refractivity contribution in [2.45, 2.75) is 58.7 Å². The van der Waals surface area contributed by atoms with Crippen molar-refractivity contribution in [3.05, 3.63) is 47.5 Å². The van der Waals surface area contributed by atoms with Crippen molar-refractivity contribution in [2.24, 2.45) is 34.5 Å². The van der Waals surface area contributed by atoms with Gasteiger partial charge in [0, 0.05) is 16.7 Å². The molecule has 4 aliphatic rings. The lowest BCUT2D eigenvalue weighted by Gasteiger charge is -2.58. The molecule has 0 bridgehead atoms. The molecule has 8 heteroatoms. The number of ketones is 1. The quantitative estimate of drug-likeness (QED) is 0.463. The average Bonchev–Trinajstić information content (AvgIpc) is 3.41. The van der Waals surface area contributed by atoms with Gasteiger partial charge in [-0.15, -0.1) is 0 Å². The second-order valence-corrected chi connectivity index (χ2v) is 11.9. The van der Waals surface area contributed by atoms with Crippen molar-refractivity contribution in [2.75, 3.05) is 6.01 Å². The molecule has 35 heavy (non-hydrogen) atoms. The maximum atomic E-state index is 12.8. The van der Waals surface area contributed by atoms with Crippen molar-refractivity contribution in [3.63, 3.8) is 0 Å². The van der Waals surface area contributed by atoms with Gasteiger partial charge in [0.25, 0.3) is 0 Å². The molecule has 0 amide bonds. The van der Waals surface area contributed by atoms with Gasteiger partial charge in [0.1, 0.15) is 12.1 Å². The number of carbonyl (C=O) groups excluding carboxylic acids is 3. The molecule has 188 valence electrons. The predicted molar refractivity (Wildman–Crippen MR) is 128 cm³/mol. The summed E-state index contributed by atoms with van der Waals surface area (Å²) < 4.78 is 24.1. The van der Waals surface area contributed by atoms with Gasteiger partial charge in [-0.2, -0.15) is 0 Å². The van der Waals surface area contributed by atoms with Gasteiger partial charge in [0.2, 0.25) is 10.9 Å². The second-order valence-electron chi connectivity index (χ2n) is 11.0. The van der Waals surface area contributed by atoms with E-state index in [1.54, 1.807) is 18.2 Å². The zero-order valence-electron chi connectivity index (χ0n) is 20.2. The van der Waals surface area contributed by atoms with Crippen LogP contribution in [0.25, 0.3) is 0 Å². The van der Waals surface area contributed by atoms with Crippen LogP contribution in [0.2, 0.25) is 0 Å². The number of carbonyl (C=O) groups is 3. The van der Waals surface area contributed by atoms with Crippen molar-refractivity contribution in [1.29, 1.82) is 0 Å². The number of aliphatic hydroxyl groups excluding tert-OH is 1. The fourth-order valence-corrected chi connectivity index (χ4v) is 8.27. The number of alkyl halides is 1. The third kappa shape index (κ3) is 3.75. The molecule has 0 radical (unpaired) electrons. The average molecular weight is 503 g/mol. The van der Waals surface area contributed by atoms with E-state index in [-0.39, 0.29) is 46.9 Å². The summed E-state index contributed by atoms with van der Waals surface area (Å²) in [4.78, 5) is 37.8. The van der Waals surface area contributed by atoms with E-state index in [2.05, 4.69) is 13.8 Å². The van der Waals surface area contributed by atoms with Crippen LogP contribution >= 0.6 is 11.8 Å². The number of allylic oxidation sites excluding steroid dienone is 3. The lowest BCUT2D eigenvalue weighted by molar-refractivity contribution is -0.133. The van der Waals surface area contributed by atoms with Gasteiger partial charge in [-0.05, 0) is 73.4 Å². The van der Waals surface area contributed by atoms with E-state index in [4.69, 9.17) is 9.15 Å². The van der Waals surface area contributed by atoms with Gasteiger partial charge in [0.05, 0.1) is 17.9 Å². The summed E-state index contributed by atoms with van der Waals surface area (Å²) in [6, 6.07) is 2.34. The first kappa shape index (κ1) is 24.5. The summed E-state index contributed by atoms with van der Waals surface area (Å²) in [5.74, 6) is -0.428. The van der Waals surface area contributed by atoms with Crippen molar-refractivity contribution >= 4 is 28.6 Å². The molecule has 5 rings (SSSR count). The standard InChI is InChI=1S/C27H31FO6S/c1-14-9-18-16-7-6-15-10-19(29)17(25(32)35-13-28)11-26(15,2)22(16)20(30)12-27(18,3)23(14)34-24(31)21-5-4-8-33-21/h4-5,8,10-11,14,16,18,20,22-23,30H,6-7,9,12-13H2,1-3H3/t14?,16?,18?,20?,22?,23?,26-,27-/m0/s1. The highest BCUT2D eigenvalue weighted by Gasteiger charge is 2.64. The van der Waals surface area contributed by atoms with Crippen LogP contribution in [0.5, 0.6) is 0 Å². The minimum absolute atomic E-state index is 0.00475. The van der Waals surface area contributed by atoms with Gasteiger partial charge in [-0.1, -0.05) is 32.4 Å². The Bertz CT molecular complexity index is 1110. The number of hydrogen-bond donors (Lipinski definition) is 1. The highest BCUT2D eigenvalue weighted by molar-refractivity contribution is 8.14. The zero-order valence-corrected chi connectivity index (χ0v) is 21.0. The molecule has 0 spiro atoms. The molecule has 3 saturated carbocycles. The van der Waals surface area contributed by atoms with E-state index in [1.165, 1.54) is 12.3 Å². The molecule has 0 saturated heterocycles. The monoisotopic (exact) mass is 502 g/mol. The third-order valence-corrected chi connectivity index (χ3v) is 9.78. The third-order valence-electron chi connectivity index (χ3n) is 9.19. The lowest BCUT2D eigenvalue weighted by atomic mass is 9.47. The summed E-state index contributed by atoms with van der Waals surface area (Å²) in [7, 11) is 0. The molecular formula is C27H31FO6S. The molecule has 0 aromatic carbocycles. The van der Waals surface area contributed by atoms with Gasteiger partial charge < -0.3 is 14.3 Å². The Morgan fingerprint density at radius 3 is 2.80 bits per heavy atom. The van der Waals surface area contributed by atoms with Crippen LogP contribution in [-0.2, 0) is 14.3 Å². The Morgan fingerprint density at radius 2 is 2.11 bits per heavy atom. The number of fused-ring (bicyclic) bond motifs is 5. The number of thioether (sulfide) groups is 1. The first-order valence-electron chi connectivity index (χ1n) is 12.2. The Balaban J connectivity index is 1.47. The molecule has 8 atom stereocenters. The molecule has 1 aromatic rings. The van der Waals surface area contributed by atoms with Crippen molar-refractivity contribution < 1.29 is 33.0 Å². The molecule has 6 nitrogen and oxygen atoms in total. The lowest BCUT2D eigenvalue weighted by Crippen LogP contribution is -2.57. The number of halogens is 1. The maximum Gasteiger partial charge on any atom is 0.374 e. The fraction of sp³-hybridized carbons (Fsp3) is 0.593. The normalized spacial score (nSPS) is 40.2. The van der Waals surface area contributed by atoms with Crippen LogP contribution < -0.4 is 0 Å². The number of esters is 1. The number of furan rings is 1. The van der Waals surface area contributed by atoms with Crippen molar-refractivity contribution in [1.82, 2.24) is 0 Å². The molecule has 4 aliphatic carbocycles. The molecule has 1 aromatic heterocycles. The van der Waals surface area contributed by atoms with Crippen LogP contribution in [0.3, 0.4) is 0 Å². The van der Waals surface area contributed by atoms with Crippen LogP contribution in [0.4, 0.5) is 4.39 Å². The summed E-state index contributed by atoms with van der Waals surface area (Å²) in [5, 5.41) is 11.0. The molecular weight excluding hydrogens is 471 g/mol. The van der Waals surface area contributed by atoms with E-state index in [1.807, 2.05) is 6.92 Å².